The van der Waals surface area contributed by atoms with Crippen molar-refractivity contribution < 1.29 is 14.3 Å². The molecule has 0 aliphatic rings. The number of amides is 1. The van der Waals surface area contributed by atoms with Crippen molar-refractivity contribution in [3.63, 3.8) is 0 Å². The number of carbonyl (C=O) groups is 1. The molecule has 3 rings (SSSR count). The van der Waals surface area contributed by atoms with Gasteiger partial charge in [-0.25, -0.2) is 4.68 Å². The fourth-order valence-electron chi connectivity index (χ4n) is 3.13. The smallest absolute Gasteiger partial charge is 0.270 e. The predicted molar refractivity (Wildman–Crippen MR) is 119 cm³/mol. The highest BCUT2D eigenvalue weighted by Crippen LogP contribution is 2.33. The molecule has 1 amide bonds. The maximum absolute atomic E-state index is 13.0. The number of nitrogens with zero attached hydrogens (tertiary/aromatic N) is 2. The van der Waals surface area contributed by atoms with E-state index >= 15 is 0 Å². The number of hydrogen-bond donors (Lipinski definition) is 1. The highest BCUT2D eigenvalue weighted by atomic mass is 16.5. The van der Waals surface area contributed by atoms with Gasteiger partial charge in [-0.3, -0.25) is 4.79 Å². The lowest BCUT2D eigenvalue weighted by molar-refractivity contribution is 0.0944. The van der Waals surface area contributed by atoms with Gasteiger partial charge in [-0.2, -0.15) is 5.10 Å². The van der Waals surface area contributed by atoms with Gasteiger partial charge in [0.25, 0.3) is 5.91 Å². The molecule has 0 aliphatic heterocycles. The number of benzene rings is 2. The molecule has 158 valence electrons. The van der Waals surface area contributed by atoms with Gasteiger partial charge >= 0.3 is 0 Å². The number of carbonyl (C=O) groups excluding carboxylic acids is 1. The molecular weight excluding hydrogens is 378 g/mol. The van der Waals surface area contributed by atoms with E-state index in [-0.39, 0.29) is 5.91 Å². The standard InChI is InChI=1S/C24H29N3O3/c1-16(2)12-13-25-24(28)22-15-21(20-11-10-19(29-4)14-23(20)30-5)26-27(22)18-8-6-17(3)7-9-18/h6-11,14-16H,12-13H2,1-5H3,(H,25,28). The quantitative estimate of drug-likeness (QED) is 0.591. The summed E-state index contributed by atoms with van der Waals surface area (Å²) in [6, 6.07) is 15.3. The number of hydrogen-bond acceptors (Lipinski definition) is 4. The minimum absolute atomic E-state index is 0.151. The molecule has 2 aromatic carbocycles. The molecule has 1 N–H and O–H groups in total. The average molecular weight is 408 g/mol. The Morgan fingerprint density at radius 1 is 1.07 bits per heavy atom. The maximum Gasteiger partial charge on any atom is 0.270 e. The first-order chi connectivity index (χ1) is 14.4. The van der Waals surface area contributed by atoms with E-state index in [2.05, 4.69) is 19.2 Å². The summed E-state index contributed by atoms with van der Waals surface area (Å²) in [4.78, 5) is 13.0. The largest absolute Gasteiger partial charge is 0.497 e. The molecule has 1 aromatic heterocycles. The lowest BCUT2D eigenvalue weighted by Crippen LogP contribution is -2.27. The summed E-state index contributed by atoms with van der Waals surface area (Å²) >= 11 is 0. The van der Waals surface area contributed by atoms with Gasteiger partial charge in [0.2, 0.25) is 0 Å². The molecule has 1 heterocycles. The van der Waals surface area contributed by atoms with Gasteiger partial charge in [0.15, 0.2) is 0 Å². The molecule has 0 aliphatic carbocycles. The van der Waals surface area contributed by atoms with Gasteiger partial charge in [-0.1, -0.05) is 31.5 Å². The van der Waals surface area contributed by atoms with E-state index in [0.717, 1.165) is 23.2 Å². The minimum atomic E-state index is -0.151. The van der Waals surface area contributed by atoms with E-state index in [1.54, 1.807) is 25.0 Å². The van der Waals surface area contributed by atoms with E-state index in [9.17, 15) is 4.79 Å². The second-order valence-corrected chi connectivity index (χ2v) is 7.67. The molecule has 0 saturated heterocycles. The number of ether oxygens (including phenoxy) is 2. The zero-order chi connectivity index (χ0) is 21.7. The Morgan fingerprint density at radius 3 is 2.43 bits per heavy atom. The van der Waals surface area contributed by atoms with Crippen molar-refractivity contribution in [2.45, 2.75) is 27.2 Å². The topological polar surface area (TPSA) is 65.4 Å². The molecule has 0 unspecified atom stereocenters. The van der Waals surface area contributed by atoms with E-state index in [0.29, 0.717) is 35.3 Å². The normalized spacial score (nSPS) is 10.9. The highest BCUT2D eigenvalue weighted by Gasteiger charge is 2.19. The van der Waals surface area contributed by atoms with Crippen LogP contribution < -0.4 is 14.8 Å². The van der Waals surface area contributed by atoms with Crippen LogP contribution in [-0.2, 0) is 0 Å². The Morgan fingerprint density at radius 2 is 1.80 bits per heavy atom. The average Bonchev–Trinajstić information content (AvgIpc) is 3.18. The van der Waals surface area contributed by atoms with Crippen LogP contribution in [0.5, 0.6) is 11.5 Å². The Bertz CT molecular complexity index is 1010. The van der Waals surface area contributed by atoms with E-state index in [4.69, 9.17) is 14.6 Å². The van der Waals surface area contributed by atoms with Crippen LogP contribution in [0.3, 0.4) is 0 Å². The monoisotopic (exact) mass is 407 g/mol. The first kappa shape index (κ1) is 21.4. The molecule has 0 saturated carbocycles. The van der Waals surface area contributed by atoms with Crippen molar-refractivity contribution >= 4 is 5.91 Å². The molecule has 0 fully saturated rings. The fraction of sp³-hybridized carbons (Fsp3) is 0.333. The van der Waals surface area contributed by atoms with Gasteiger partial charge in [0, 0.05) is 18.2 Å². The summed E-state index contributed by atoms with van der Waals surface area (Å²) in [5.41, 5.74) is 3.90. The van der Waals surface area contributed by atoms with Crippen LogP contribution in [0.2, 0.25) is 0 Å². The summed E-state index contributed by atoms with van der Waals surface area (Å²) in [5, 5.41) is 7.76. The third-order valence-corrected chi connectivity index (χ3v) is 4.91. The van der Waals surface area contributed by atoms with Crippen molar-refractivity contribution in [1.29, 1.82) is 0 Å². The van der Waals surface area contributed by atoms with E-state index in [1.807, 2.05) is 49.4 Å². The van der Waals surface area contributed by atoms with Crippen LogP contribution in [0, 0.1) is 12.8 Å². The molecular formula is C24H29N3O3. The summed E-state index contributed by atoms with van der Waals surface area (Å²) < 4.78 is 12.5. The van der Waals surface area contributed by atoms with Crippen LogP contribution >= 0.6 is 0 Å². The Hall–Kier alpha value is -3.28. The molecule has 0 radical (unpaired) electrons. The van der Waals surface area contributed by atoms with Crippen LogP contribution in [0.15, 0.2) is 48.5 Å². The van der Waals surface area contributed by atoms with E-state index in [1.165, 1.54) is 0 Å². The third kappa shape index (κ3) is 4.82. The van der Waals surface area contributed by atoms with Crippen LogP contribution in [-0.4, -0.2) is 36.5 Å². The summed E-state index contributed by atoms with van der Waals surface area (Å²) in [7, 11) is 3.22. The van der Waals surface area contributed by atoms with Crippen LogP contribution in [0.4, 0.5) is 0 Å². The first-order valence-electron chi connectivity index (χ1n) is 10.1. The first-order valence-corrected chi connectivity index (χ1v) is 10.1. The zero-order valence-corrected chi connectivity index (χ0v) is 18.2. The number of methoxy groups -OCH3 is 2. The molecule has 0 bridgehead atoms. The van der Waals surface area contributed by atoms with E-state index < -0.39 is 0 Å². The highest BCUT2D eigenvalue weighted by molar-refractivity contribution is 5.94. The van der Waals surface area contributed by atoms with Crippen molar-refractivity contribution in [1.82, 2.24) is 15.1 Å². The lowest BCUT2D eigenvalue weighted by atomic mass is 10.1. The summed E-state index contributed by atoms with van der Waals surface area (Å²) in [6.07, 6.45) is 0.920. The summed E-state index contributed by atoms with van der Waals surface area (Å²) in [6.45, 7) is 6.92. The maximum atomic E-state index is 13.0. The van der Waals surface area contributed by atoms with Gasteiger partial charge in [-0.15, -0.1) is 0 Å². The molecule has 6 heteroatoms. The number of aromatic nitrogens is 2. The SMILES string of the molecule is COc1ccc(-c2cc(C(=O)NCCC(C)C)n(-c3ccc(C)cc3)n2)c(OC)c1. The van der Waals surface area contributed by atoms with Gasteiger partial charge in [0.05, 0.1) is 25.6 Å². The van der Waals surface area contributed by atoms with Crippen molar-refractivity contribution in [3.8, 4) is 28.4 Å². The Kier molecular flexibility index (Phi) is 6.77. The number of aryl methyl sites for hydroxylation is 1. The third-order valence-electron chi connectivity index (χ3n) is 4.91. The van der Waals surface area contributed by atoms with Crippen LogP contribution in [0.1, 0.15) is 36.3 Å². The second kappa shape index (κ2) is 9.48. The zero-order valence-electron chi connectivity index (χ0n) is 18.2. The summed E-state index contributed by atoms with van der Waals surface area (Å²) in [5.74, 6) is 1.70. The Labute approximate surface area is 177 Å². The lowest BCUT2D eigenvalue weighted by Gasteiger charge is -2.10. The van der Waals surface area contributed by atoms with Crippen LogP contribution in [0.25, 0.3) is 16.9 Å². The minimum Gasteiger partial charge on any atom is -0.497 e. The predicted octanol–water partition coefficient (Wildman–Crippen LogP) is 4.64. The Balaban J connectivity index is 2.04. The second-order valence-electron chi connectivity index (χ2n) is 7.67. The van der Waals surface area contributed by atoms with Gasteiger partial charge < -0.3 is 14.8 Å². The van der Waals surface area contributed by atoms with Gasteiger partial charge in [-0.05, 0) is 49.6 Å². The molecule has 30 heavy (non-hydrogen) atoms. The van der Waals surface area contributed by atoms with Gasteiger partial charge in [0.1, 0.15) is 17.2 Å². The van der Waals surface area contributed by atoms with Crippen molar-refractivity contribution in [3.05, 3.63) is 59.8 Å². The van der Waals surface area contributed by atoms with Crippen molar-refractivity contribution in [2.24, 2.45) is 5.92 Å². The molecule has 0 atom stereocenters. The molecule has 3 aromatic rings. The van der Waals surface area contributed by atoms with Crippen molar-refractivity contribution in [2.75, 3.05) is 20.8 Å². The number of rotatable bonds is 8. The number of nitrogens with one attached hydrogen (secondary N) is 1. The fourth-order valence-corrected chi connectivity index (χ4v) is 3.13. The molecule has 0 spiro atoms. The molecule has 6 nitrogen and oxygen atoms in total.